The topological polar surface area (TPSA) is 78.4 Å². The SMILES string of the molecule is CC(C)c1cccc(C(C)(C)NC(=O)NCCCCCCCCCCCC(=O)O)c1. The number of hydrogen-bond donors (Lipinski definition) is 3. The van der Waals surface area contributed by atoms with Gasteiger partial charge in [0.25, 0.3) is 0 Å². The molecule has 1 rings (SSSR count). The average Bonchev–Trinajstić information content (AvgIpc) is 2.68. The molecule has 5 heteroatoms. The van der Waals surface area contributed by atoms with Crippen molar-refractivity contribution in [2.75, 3.05) is 6.54 Å². The Balaban J connectivity index is 2.12. The van der Waals surface area contributed by atoms with Crippen LogP contribution < -0.4 is 10.6 Å². The zero-order chi connectivity index (χ0) is 22.4. The van der Waals surface area contributed by atoms with E-state index in [0.717, 1.165) is 37.7 Å². The maximum atomic E-state index is 12.3. The van der Waals surface area contributed by atoms with Crippen LogP contribution in [-0.2, 0) is 10.3 Å². The molecule has 170 valence electrons. The van der Waals surface area contributed by atoms with Crippen LogP contribution in [-0.4, -0.2) is 23.7 Å². The number of carbonyl (C=O) groups is 2. The van der Waals surface area contributed by atoms with Gasteiger partial charge >= 0.3 is 12.0 Å². The van der Waals surface area contributed by atoms with Gasteiger partial charge in [-0.25, -0.2) is 4.79 Å². The molecule has 0 bridgehead atoms. The number of nitrogens with one attached hydrogen (secondary N) is 2. The van der Waals surface area contributed by atoms with Crippen molar-refractivity contribution < 1.29 is 14.7 Å². The number of urea groups is 1. The summed E-state index contributed by atoms with van der Waals surface area (Å²) in [4.78, 5) is 22.7. The monoisotopic (exact) mass is 418 g/mol. The summed E-state index contributed by atoms with van der Waals surface area (Å²) in [6.07, 6.45) is 10.2. The van der Waals surface area contributed by atoms with E-state index in [-0.39, 0.29) is 6.03 Å². The first-order valence-electron chi connectivity index (χ1n) is 11.6. The molecule has 0 radical (unpaired) electrons. The molecule has 3 N–H and O–H groups in total. The van der Waals surface area contributed by atoms with Crippen molar-refractivity contribution in [2.24, 2.45) is 0 Å². The number of rotatable bonds is 15. The van der Waals surface area contributed by atoms with E-state index in [2.05, 4.69) is 48.7 Å². The molecule has 0 unspecified atom stereocenters. The summed E-state index contributed by atoms with van der Waals surface area (Å²) >= 11 is 0. The third-order valence-electron chi connectivity index (χ3n) is 5.55. The van der Waals surface area contributed by atoms with Gasteiger partial charge in [0.15, 0.2) is 0 Å². The molecule has 0 aliphatic heterocycles. The van der Waals surface area contributed by atoms with Gasteiger partial charge in [-0.3, -0.25) is 4.79 Å². The van der Waals surface area contributed by atoms with Crippen LogP contribution in [0.5, 0.6) is 0 Å². The van der Waals surface area contributed by atoms with Crippen LogP contribution in [0.25, 0.3) is 0 Å². The summed E-state index contributed by atoms with van der Waals surface area (Å²) in [5.74, 6) is -0.229. The number of hydrogen-bond acceptors (Lipinski definition) is 2. The van der Waals surface area contributed by atoms with E-state index in [1.165, 1.54) is 31.2 Å². The summed E-state index contributed by atoms with van der Waals surface area (Å²) in [5.41, 5.74) is 1.98. The Morgan fingerprint density at radius 3 is 2.07 bits per heavy atom. The first-order valence-corrected chi connectivity index (χ1v) is 11.6. The second-order valence-electron chi connectivity index (χ2n) is 9.11. The van der Waals surface area contributed by atoms with E-state index in [4.69, 9.17) is 5.11 Å². The van der Waals surface area contributed by atoms with Gasteiger partial charge in [0.2, 0.25) is 0 Å². The largest absolute Gasteiger partial charge is 0.481 e. The fraction of sp³-hybridized carbons (Fsp3) is 0.680. The second kappa shape index (κ2) is 14.1. The van der Waals surface area contributed by atoms with E-state index in [1.807, 2.05) is 13.8 Å². The van der Waals surface area contributed by atoms with E-state index in [9.17, 15) is 9.59 Å². The molecular weight excluding hydrogens is 376 g/mol. The molecule has 0 aromatic heterocycles. The molecule has 0 heterocycles. The Labute approximate surface area is 183 Å². The minimum Gasteiger partial charge on any atom is -0.481 e. The molecule has 1 aromatic carbocycles. The van der Waals surface area contributed by atoms with Crippen molar-refractivity contribution in [3.63, 3.8) is 0 Å². The van der Waals surface area contributed by atoms with Gasteiger partial charge in [0, 0.05) is 13.0 Å². The summed E-state index contributed by atoms with van der Waals surface area (Å²) < 4.78 is 0. The molecule has 0 aliphatic rings. The standard InChI is InChI=1S/C25H42N2O3/c1-20(2)21-15-14-16-22(19-21)25(3,4)27-24(30)26-18-13-11-9-7-5-6-8-10-12-17-23(28)29/h14-16,19-20H,5-13,17-18H2,1-4H3,(H,28,29)(H2,26,27,30). The highest BCUT2D eigenvalue weighted by atomic mass is 16.4. The number of carboxylic acid groups (broad SMARTS) is 1. The van der Waals surface area contributed by atoms with Crippen molar-refractivity contribution in [1.82, 2.24) is 10.6 Å². The van der Waals surface area contributed by atoms with Crippen LogP contribution in [0.3, 0.4) is 0 Å². The molecular formula is C25H42N2O3. The van der Waals surface area contributed by atoms with Gasteiger partial charge in [-0.1, -0.05) is 83.1 Å². The maximum Gasteiger partial charge on any atom is 0.315 e. The van der Waals surface area contributed by atoms with E-state index in [0.29, 0.717) is 18.9 Å². The lowest BCUT2D eigenvalue weighted by molar-refractivity contribution is -0.137. The first-order chi connectivity index (χ1) is 14.2. The van der Waals surface area contributed by atoms with Crippen LogP contribution in [0.15, 0.2) is 24.3 Å². The zero-order valence-corrected chi connectivity index (χ0v) is 19.4. The third-order valence-corrected chi connectivity index (χ3v) is 5.55. The molecule has 2 amide bonds. The molecule has 30 heavy (non-hydrogen) atoms. The van der Waals surface area contributed by atoms with Crippen LogP contribution in [0, 0.1) is 0 Å². The normalized spacial score (nSPS) is 11.5. The van der Waals surface area contributed by atoms with Crippen LogP contribution in [0.1, 0.15) is 109 Å². The van der Waals surface area contributed by atoms with Crippen LogP contribution in [0.2, 0.25) is 0 Å². The fourth-order valence-electron chi connectivity index (χ4n) is 3.53. The Bertz CT molecular complexity index is 641. The maximum absolute atomic E-state index is 12.3. The molecule has 0 atom stereocenters. The average molecular weight is 419 g/mol. The van der Waals surface area contributed by atoms with Crippen molar-refractivity contribution in [3.8, 4) is 0 Å². The molecule has 0 aliphatic carbocycles. The smallest absolute Gasteiger partial charge is 0.315 e. The third kappa shape index (κ3) is 11.2. The van der Waals surface area contributed by atoms with Gasteiger partial charge in [-0.05, 0) is 43.7 Å². The van der Waals surface area contributed by atoms with Gasteiger partial charge in [-0.2, -0.15) is 0 Å². The number of benzene rings is 1. The lowest BCUT2D eigenvalue weighted by atomic mass is 9.90. The molecule has 0 saturated carbocycles. The number of carboxylic acids is 1. The van der Waals surface area contributed by atoms with E-state index < -0.39 is 11.5 Å². The predicted octanol–water partition coefficient (Wildman–Crippen LogP) is 6.33. The lowest BCUT2D eigenvalue weighted by Gasteiger charge is -2.28. The minimum absolute atomic E-state index is 0.115. The molecule has 0 fully saturated rings. The Morgan fingerprint density at radius 1 is 0.933 bits per heavy atom. The van der Waals surface area contributed by atoms with E-state index >= 15 is 0 Å². The fourth-order valence-corrected chi connectivity index (χ4v) is 3.53. The van der Waals surface area contributed by atoms with Crippen LogP contribution in [0.4, 0.5) is 4.79 Å². The second-order valence-corrected chi connectivity index (χ2v) is 9.11. The van der Waals surface area contributed by atoms with Gasteiger partial charge in [0.05, 0.1) is 5.54 Å². The molecule has 5 nitrogen and oxygen atoms in total. The summed E-state index contributed by atoms with van der Waals surface area (Å²) in [7, 11) is 0. The van der Waals surface area contributed by atoms with Crippen molar-refractivity contribution >= 4 is 12.0 Å². The van der Waals surface area contributed by atoms with Gasteiger partial charge in [0.1, 0.15) is 0 Å². The summed E-state index contributed by atoms with van der Waals surface area (Å²) in [5, 5.41) is 14.7. The Kier molecular flexibility index (Phi) is 12.2. The van der Waals surface area contributed by atoms with Gasteiger partial charge < -0.3 is 15.7 Å². The highest BCUT2D eigenvalue weighted by Crippen LogP contribution is 2.24. The quantitative estimate of drug-likeness (QED) is 0.291. The molecule has 1 aromatic rings. The highest BCUT2D eigenvalue weighted by molar-refractivity contribution is 5.75. The minimum atomic E-state index is -0.693. The van der Waals surface area contributed by atoms with E-state index in [1.54, 1.807) is 0 Å². The number of amides is 2. The number of aliphatic carboxylic acids is 1. The molecule has 0 saturated heterocycles. The highest BCUT2D eigenvalue weighted by Gasteiger charge is 2.23. The summed E-state index contributed by atoms with van der Waals surface area (Å²) in [6.45, 7) is 9.12. The number of carbonyl (C=O) groups excluding carboxylic acids is 1. The van der Waals surface area contributed by atoms with Crippen molar-refractivity contribution in [1.29, 1.82) is 0 Å². The zero-order valence-electron chi connectivity index (χ0n) is 19.4. The molecule has 0 spiro atoms. The van der Waals surface area contributed by atoms with Crippen LogP contribution >= 0.6 is 0 Å². The Morgan fingerprint density at radius 2 is 1.50 bits per heavy atom. The van der Waals surface area contributed by atoms with Crippen molar-refractivity contribution in [3.05, 3.63) is 35.4 Å². The first kappa shape index (κ1) is 26.0. The summed E-state index contributed by atoms with van der Waals surface area (Å²) in [6, 6.07) is 8.32. The van der Waals surface area contributed by atoms with Gasteiger partial charge in [-0.15, -0.1) is 0 Å². The predicted molar refractivity (Wildman–Crippen MR) is 124 cm³/mol. The lowest BCUT2D eigenvalue weighted by Crippen LogP contribution is -2.46. The van der Waals surface area contributed by atoms with Crippen molar-refractivity contribution in [2.45, 2.75) is 103 Å². The number of unbranched alkanes of at least 4 members (excludes halogenated alkanes) is 8. The Hall–Kier alpha value is -2.04.